The monoisotopic (exact) mass is 234 g/mol. The largest absolute Gasteiger partial charge is 0.381 e. The number of pyridine rings is 1. The minimum Gasteiger partial charge on any atom is -0.381 e. The van der Waals surface area contributed by atoms with Crippen molar-refractivity contribution in [3.05, 3.63) is 29.6 Å². The number of aromatic nitrogens is 1. The Bertz CT molecular complexity index is 348. The zero-order valence-electron chi connectivity index (χ0n) is 10.8. The van der Waals surface area contributed by atoms with Crippen molar-refractivity contribution >= 4 is 0 Å². The van der Waals surface area contributed by atoms with Crippen LogP contribution in [0.15, 0.2) is 18.2 Å². The van der Waals surface area contributed by atoms with Crippen LogP contribution in [0.25, 0.3) is 0 Å². The van der Waals surface area contributed by atoms with Crippen LogP contribution < -0.4 is 5.32 Å². The summed E-state index contributed by atoms with van der Waals surface area (Å²) in [5.41, 5.74) is 2.24. The molecule has 0 bridgehead atoms. The molecule has 3 nitrogen and oxygen atoms in total. The van der Waals surface area contributed by atoms with E-state index in [1.807, 2.05) is 13.0 Å². The fraction of sp³-hybridized carbons (Fsp3) is 0.643. The van der Waals surface area contributed by atoms with Crippen molar-refractivity contribution in [3.63, 3.8) is 0 Å². The van der Waals surface area contributed by atoms with Gasteiger partial charge in [0.1, 0.15) is 0 Å². The second-order valence-corrected chi connectivity index (χ2v) is 4.72. The number of ether oxygens (including phenoxy) is 1. The Morgan fingerprint density at radius 2 is 2.41 bits per heavy atom. The van der Waals surface area contributed by atoms with E-state index in [2.05, 4.69) is 29.4 Å². The van der Waals surface area contributed by atoms with Crippen molar-refractivity contribution in [2.75, 3.05) is 19.8 Å². The third-order valence-electron chi connectivity index (χ3n) is 3.32. The number of nitrogens with zero attached hydrogens (tertiary/aromatic N) is 1. The summed E-state index contributed by atoms with van der Waals surface area (Å²) in [7, 11) is 0. The number of hydrogen-bond acceptors (Lipinski definition) is 3. The highest BCUT2D eigenvalue weighted by molar-refractivity contribution is 5.14. The Hall–Kier alpha value is -0.930. The molecule has 1 aromatic rings. The van der Waals surface area contributed by atoms with Crippen LogP contribution in [0.2, 0.25) is 0 Å². The van der Waals surface area contributed by atoms with Gasteiger partial charge in [-0.25, -0.2) is 0 Å². The molecule has 1 saturated heterocycles. The first kappa shape index (κ1) is 12.5. The average molecular weight is 234 g/mol. The molecule has 1 fully saturated rings. The van der Waals surface area contributed by atoms with E-state index in [1.165, 1.54) is 12.8 Å². The van der Waals surface area contributed by atoms with E-state index in [0.717, 1.165) is 31.1 Å². The van der Waals surface area contributed by atoms with E-state index < -0.39 is 0 Å². The molecule has 2 heterocycles. The van der Waals surface area contributed by atoms with Crippen LogP contribution in [0.5, 0.6) is 0 Å². The summed E-state index contributed by atoms with van der Waals surface area (Å²) in [6.07, 6.45) is 2.39. The van der Waals surface area contributed by atoms with Crippen molar-refractivity contribution < 1.29 is 4.74 Å². The van der Waals surface area contributed by atoms with Crippen LogP contribution in [0.1, 0.15) is 37.2 Å². The third kappa shape index (κ3) is 3.27. The van der Waals surface area contributed by atoms with Gasteiger partial charge in [0.05, 0.1) is 18.3 Å². The lowest BCUT2D eigenvalue weighted by Gasteiger charge is -2.30. The van der Waals surface area contributed by atoms with Gasteiger partial charge in [0, 0.05) is 18.2 Å². The molecule has 0 spiro atoms. The molecule has 0 aromatic carbocycles. The summed E-state index contributed by atoms with van der Waals surface area (Å²) < 4.78 is 5.59. The molecule has 0 saturated carbocycles. The molecule has 2 unspecified atom stereocenters. The van der Waals surface area contributed by atoms with E-state index in [9.17, 15) is 0 Å². The SMILES string of the molecule is CCNC(c1cccc(C)n1)C1CCCOC1. The van der Waals surface area contributed by atoms with Gasteiger partial charge in [-0.05, 0) is 38.4 Å². The quantitative estimate of drug-likeness (QED) is 0.869. The molecule has 1 N–H and O–H groups in total. The van der Waals surface area contributed by atoms with E-state index >= 15 is 0 Å². The normalized spacial score (nSPS) is 22.4. The Morgan fingerprint density at radius 1 is 1.53 bits per heavy atom. The van der Waals surface area contributed by atoms with Gasteiger partial charge < -0.3 is 10.1 Å². The molecule has 0 amide bonds. The Labute approximate surface area is 104 Å². The van der Waals surface area contributed by atoms with Crippen molar-refractivity contribution in [3.8, 4) is 0 Å². The average Bonchev–Trinajstić information content (AvgIpc) is 2.37. The maximum atomic E-state index is 5.59. The summed E-state index contributed by atoms with van der Waals surface area (Å²) in [6.45, 7) is 6.93. The molecule has 2 rings (SSSR count). The summed E-state index contributed by atoms with van der Waals surface area (Å²) in [5.74, 6) is 0.554. The van der Waals surface area contributed by atoms with E-state index in [4.69, 9.17) is 4.74 Å². The number of rotatable bonds is 4. The molecule has 0 aliphatic carbocycles. The van der Waals surface area contributed by atoms with E-state index in [1.54, 1.807) is 0 Å². The van der Waals surface area contributed by atoms with Crippen LogP contribution in [0.3, 0.4) is 0 Å². The molecule has 94 valence electrons. The van der Waals surface area contributed by atoms with Gasteiger partial charge in [0.2, 0.25) is 0 Å². The van der Waals surface area contributed by atoms with Crippen LogP contribution >= 0.6 is 0 Å². The minimum absolute atomic E-state index is 0.334. The van der Waals surface area contributed by atoms with Gasteiger partial charge in [-0.3, -0.25) is 4.98 Å². The summed E-state index contributed by atoms with van der Waals surface area (Å²) in [4.78, 5) is 4.65. The molecular weight excluding hydrogens is 212 g/mol. The molecule has 1 aromatic heterocycles. The molecule has 17 heavy (non-hydrogen) atoms. The van der Waals surface area contributed by atoms with Gasteiger partial charge in [0.25, 0.3) is 0 Å². The number of hydrogen-bond donors (Lipinski definition) is 1. The van der Waals surface area contributed by atoms with E-state index in [0.29, 0.717) is 12.0 Å². The lowest BCUT2D eigenvalue weighted by molar-refractivity contribution is 0.0386. The highest BCUT2D eigenvalue weighted by Crippen LogP contribution is 2.27. The standard InChI is InChI=1S/C14H22N2O/c1-3-15-14(12-7-5-9-17-10-12)13-8-4-6-11(2)16-13/h4,6,8,12,14-15H,3,5,7,9-10H2,1-2H3. The summed E-state index contributed by atoms with van der Waals surface area (Å²) >= 11 is 0. The molecule has 1 aliphatic rings. The third-order valence-corrected chi connectivity index (χ3v) is 3.32. The fourth-order valence-corrected chi connectivity index (χ4v) is 2.50. The van der Waals surface area contributed by atoms with Crippen LogP contribution in [0, 0.1) is 12.8 Å². The highest BCUT2D eigenvalue weighted by Gasteiger charge is 2.25. The first-order valence-electron chi connectivity index (χ1n) is 6.56. The van der Waals surface area contributed by atoms with Gasteiger partial charge in [-0.2, -0.15) is 0 Å². The Balaban J connectivity index is 2.15. The second-order valence-electron chi connectivity index (χ2n) is 4.72. The predicted molar refractivity (Wildman–Crippen MR) is 68.9 cm³/mol. The molecule has 0 radical (unpaired) electrons. The summed E-state index contributed by atoms with van der Waals surface area (Å²) in [5, 5.41) is 3.55. The maximum absolute atomic E-state index is 5.59. The van der Waals surface area contributed by atoms with Gasteiger partial charge in [-0.1, -0.05) is 13.0 Å². The van der Waals surface area contributed by atoms with E-state index in [-0.39, 0.29) is 0 Å². The van der Waals surface area contributed by atoms with Crippen LogP contribution in [-0.4, -0.2) is 24.7 Å². The van der Waals surface area contributed by atoms with Crippen molar-refractivity contribution in [1.82, 2.24) is 10.3 Å². The Morgan fingerprint density at radius 3 is 3.06 bits per heavy atom. The molecule has 1 aliphatic heterocycles. The molecular formula is C14H22N2O. The van der Waals surface area contributed by atoms with Crippen molar-refractivity contribution in [2.24, 2.45) is 5.92 Å². The number of aryl methyl sites for hydroxylation is 1. The smallest absolute Gasteiger partial charge is 0.0580 e. The first-order chi connectivity index (χ1) is 8.31. The lowest BCUT2D eigenvalue weighted by Crippen LogP contribution is -2.34. The first-order valence-corrected chi connectivity index (χ1v) is 6.56. The van der Waals surface area contributed by atoms with Crippen LogP contribution in [0.4, 0.5) is 0 Å². The van der Waals surface area contributed by atoms with Crippen molar-refractivity contribution in [1.29, 1.82) is 0 Å². The fourth-order valence-electron chi connectivity index (χ4n) is 2.50. The highest BCUT2D eigenvalue weighted by atomic mass is 16.5. The predicted octanol–water partition coefficient (Wildman–Crippen LogP) is 2.47. The second kappa shape index (κ2) is 6.12. The van der Waals surface area contributed by atoms with Crippen molar-refractivity contribution in [2.45, 2.75) is 32.7 Å². The zero-order valence-corrected chi connectivity index (χ0v) is 10.8. The van der Waals surface area contributed by atoms with Gasteiger partial charge in [0.15, 0.2) is 0 Å². The van der Waals surface area contributed by atoms with Gasteiger partial charge in [-0.15, -0.1) is 0 Å². The van der Waals surface area contributed by atoms with Crippen LogP contribution in [-0.2, 0) is 4.74 Å². The molecule has 3 heteroatoms. The minimum atomic E-state index is 0.334. The Kier molecular flexibility index (Phi) is 4.51. The summed E-state index contributed by atoms with van der Waals surface area (Å²) in [6, 6.07) is 6.59. The topological polar surface area (TPSA) is 34.2 Å². The van der Waals surface area contributed by atoms with Gasteiger partial charge >= 0.3 is 0 Å². The maximum Gasteiger partial charge on any atom is 0.0580 e. The zero-order chi connectivity index (χ0) is 12.1. The number of nitrogens with one attached hydrogen (secondary N) is 1. The molecule has 2 atom stereocenters. The lowest BCUT2D eigenvalue weighted by atomic mass is 9.91.